The molecule has 3 unspecified atom stereocenters. The quantitative estimate of drug-likeness (QED) is 0.524. The molecule has 0 aromatic heterocycles. The number of fused-ring (bicyclic) bond motifs is 1. The molecular formula is C26H35N3O3. The monoisotopic (exact) mass is 437 g/mol. The molecule has 0 N–H and O–H groups in total. The van der Waals surface area contributed by atoms with E-state index in [9.17, 15) is 14.4 Å². The number of allylic oxidation sites excluding steroid dienone is 2. The van der Waals surface area contributed by atoms with Gasteiger partial charge in [0, 0.05) is 31.9 Å². The topological polar surface area (TPSA) is 60.9 Å². The Labute approximate surface area is 191 Å². The lowest BCUT2D eigenvalue weighted by molar-refractivity contribution is -0.152. The fourth-order valence-electron chi connectivity index (χ4n) is 5.35. The molecule has 6 heteroatoms. The van der Waals surface area contributed by atoms with Crippen LogP contribution >= 0.6 is 0 Å². The van der Waals surface area contributed by atoms with Gasteiger partial charge >= 0.3 is 0 Å². The van der Waals surface area contributed by atoms with Crippen molar-refractivity contribution in [3.63, 3.8) is 0 Å². The maximum absolute atomic E-state index is 13.6. The molecule has 4 rings (SSSR count). The van der Waals surface area contributed by atoms with Crippen LogP contribution in [0.4, 0.5) is 5.69 Å². The fourth-order valence-corrected chi connectivity index (χ4v) is 5.35. The molecule has 0 bridgehead atoms. The number of rotatable bonds is 5. The van der Waals surface area contributed by atoms with E-state index in [1.54, 1.807) is 0 Å². The van der Waals surface area contributed by atoms with E-state index in [2.05, 4.69) is 36.9 Å². The number of amides is 3. The molecule has 1 aromatic rings. The molecule has 1 aliphatic carbocycles. The summed E-state index contributed by atoms with van der Waals surface area (Å²) in [4.78, 5) is 45.5. The lowest BCUT2D eigenvalue weighted by Gasteiger charge is -2.39. The minimum absolute atomic E-state index is 0.0763. The highest BCUT2D eigenvalue weighted by Crippen LogP contribution is 2.37. The predicted octanol–water partition coefficient (Wildman–Crippen LogP) is 3.32. The normalized spacial score (nSPS) is 24.3. The molecule has 2 saturated heterocycles. The average Bonchev–Trinajstić information content (AvgIpc) is 3.04. The first-order valence-corrected chi connectivity index (χ1v) is 11.9. The largest absolute Gasteiger partial charge is 0.368 e. The van der Waals surface area contributed by atoms with Gasteiger partial charge in [0.2, 0.25) is 17.7 Å². The van der Waals surface area contributed by atoms with Crippen molar-refractivity contribution in [1.29, 1.82) is 0 Å². The van der Waals surface area contributed by atoms with E-state index in [0.29, 0.717) is 32.4 Å². The standard InChI is InChI=1S/C26H35N3O3/c1-17(2)16-23(29-24(30)20-9-5-6-10-21(20)25(29)31)26(32)28-14-12-27(13-15-28)22-11-7-8-18(3)19(22)4/h5-8,11,17,20-21,23H,9-10,12-16H2,1-4H3. The number of carbonyl (C=O) groups is 3. The molecule has 172 valence electrons. The van der Waals surface area contributed by atoms with E-state index >= 15 is 0 Å². The van der Waals surface area contributed by atoms with Crippen LogP contribution in [0.2, 0.25) is 0 Å². The Kier molecular flexibility index (Phi) is 6.40. The van der Waals surface area contributed by atoms with Crippen LogP contribution < -0.4 is 4.90 Å². The lowest BCUT2D eigenvalue weighted by Crippen LogP contribution is -2.56. The summed E-state index contributed by atoms with van der Waals surface area (Å²) < 4.78 is 0. The number of aryl methyl sites for hydroxylation is 1. The zero-order valence-electron chi connectivity index (χ0n) is 19.7. The molecule has 32 heavy (non-hydrogen) atoms. The fraction of sp³-hybridized carbons (Fsp3) is 0.577. The summed E-state index contributed by atoms with van der Waals surface area (Å²) in [6.07, 6.45) is 5.69. The third-order valence-electron chi connectivity index (χ3n) is 7.34. The third-order valence-corrected chi connectivity index (χ3v) is 7.34. The summed E-state index contributed by atoms with van der Waals surface area (Å²) in [6, 6.07) is 5.64. The van der Waals surface area contributed by atoms with Gasteiger partial charge in [-0.2, -0.15) is 0 Å². The van der Waals surface area contributed by atoms with Crippen LogP contribution in [0.25, 0.3) is 0 Å². The average molecular weight is 438 g/mol. The summed E-state index contributed by atoms with van der Waals surface area (Å²) in [5, 5.41) is 0. The van der Waals surface area contributed by atoms with Crippen molar-refractivity contribution < 1.29 is 14.4 Å². The van der Waals surface area contributed by atoms with Gasteiger partial charge in [0.15, 0.2) is 0 Å². The number of hydrogen-bond donors (Lipinski definition) is 0. The van der Waals surface area contributed by atoms with Crippen molar-refractivity contribution in [3.05, 3.63) is 41.5 Å². The highest BCUT2D eigenvalue weighted by atomic mass is 16.2. The first kappa shape index (κ1) is 22.6. The predicted molar refractivity (Wildman–Crippen MR) is 125 cm³/mol. The van der Waals surface area contributed by atoms with Crippen molar-refractivity contribution >= 4 is 23.4 Å². The molecular weight excluding hydrogens is 402 g/mol. The number of imide groups is 1. The van der Waals surface area contributed by atoms with Crippen LogP contribution in [0.1, 0.15) is 44.2 Å². The van der Waals surface area contributed by atoms with Crippen LogP contribution in [0, 0.1) is 31.6 Å². The van der Waals surface area contributed by atoms with Crippen molar-refractivity contribution in [1.82, 2.24) is 9.80 Å². The minimum Gasteiger partial charge on any atom is -0.368 e. The van der Waals surface area contributed by atoms with Crippen molar-refractivity contribution in [2.24, 2.45) is 17.8 Å². The Morgan fingerprint density at radius 2 is 1.56 bits per heavy atom. The zero-order valence-corrected chi connectivity index (χ0v) is 19.7. The zero-order chi connectivity index (χ0) is 23.0. The highest BCUT2D eigenvalue weighted by Gasteiger charge is 2.51. The Morgan fingerprint density at radius 3 is 2.12 bits per heavy atom. The molecule has 3 amide bonds. The highest BCUT2D eigenvalue weighted by molar-refractivity contribution is 6.08. The second kappa shape index (κ2) is 9.08. The summed E-state index contributed by atoms with van der Waals surface area (Å²) in [5.41, 5.74) is 3.76. The van der Waals surface area contributed by atoms with Gasteiger partial charge in [0.25, 0.3) is 0 Å². The smallest absolute Gasteiger partial charge is 0.246 e. The van der Waals surface area contributed by atoms with Gasteiger partial charge in [-0.25, -0.2) is 0 Å². The molecule has 2 aliphatic heterocycles. The molecule has 2 heterocycles. The number of nitrogens with zero attached hydrogens (tertiary/aromatic N) is 3. The SMILES string of the molecule is Cc1cccc(N2CCN(C(=O)C(CC(C)C)N3C(=O)C4CC=CCC4C3=O)CC2)c1C. The Hall–Kier alpha value is -2.63. The van der Waals surface area contributed by atoms with E-state index in [4.69, 9.17) is 0 Å². The van der Waals surface area contributed by atoms with E-state index in [1.165, 1.54) is 21.7 Å². The van der Waals surface area contributed by atoms with Crippen LogP contribution in [0.15, 0.2) is 30.4 Å². The van der Waals surface area contributed by atoms with Crippen LogP contribution in [-0.2, 0) is 14.4 Å². The number of likely N-dealkylation sites (tertiary alicyclic amines) is 1. The summed E-state index contributed by atoms with van der Waals surface area (Å²) in [6.45, 7) is 11.0. The van der Waals surface area contributed by atoms with Gasteiger partial charge < -0.3 is 9.80 Å². The van der Waals surface area contributed by atoms with Crippen LogP contribution in [-0.4, -0.2) is 59.7 Å². The van der Waals surface area contributed by atoms with Gasteiger partial charge in [-0.05, 0) is 56.2 Å². The summed E-state index contributed by atoms with van der Waals surface area (Å²) in [7, 11) is 0. The van der Waals surface area contributed by atoms with Crippen molar-refractivity contribution in [2.45, 2.75) is 53.0 Å². The van der Waals surface area contributed by atoms with E-state index in [0.717, 1.165) is 13.1 Å². The summed E-state index contributed by atoms with van der Waals surface area (Å²) in [5.74, 6) is -0.767. The van der Waals surface area contributed by atoms with Crippen LogP contribution in [0.5, 0.6) is 0 Å². The van der Waals surface area contributed by atoms with Gasteiger partial charge in [0.1, 0.15) is 6.04 Å². The molecule has 0 saturated carbocycles. The molecule has 1 aromatic carbocycles. The third kappa shape index (κ3) is 4.07. The molecule has 0 spiro atoms. The molecule has 3 atom stereocenters. The van der Waals surface area contributed by atoms with Gasteiger partial charge in [-0.3, -0.25) is 19.3 Å². The van der Waals surface area contributed by atoms with Crippen molar-refractivity contribution in [3.8, 4) is 0 Å². The van der Waals surface area contributed by atoms with Crippen molar-refractivity contribution in [2.75, 3.05) is 31.1 Å². The maximum Gasteiger partial charge on any atom is 0.246 e. The molecule has 6 nitrogen and oxygen atoms in total. The van der Waals surface area contributed by atoms with E-state index in [1.807, 2.05) is 30.9 Å². The number of benzene rings is 1. The Bertz CT molecular complexity index is 904. The first-order valence-electron chi connectivity index (χ1n) is 11.9. The van der Waals surface area contributed by atoms with Crippen LogP contribution in [0.3, 0.4) is 0 Å². The Balaban J connectivity index is 1.49. The van der Waals surface area contributed by atoms with Gasteiger partial charge in [-0.15, -0.1) is 0 Å². The molecule has 0 radical (unpaired) electrons. The number of carbonyl (C=O) groups excluding carboxylic acids is 3. The number of hydrogen-bond acceptors (Lipinski definition) is 4. The Morgan fingerprint density at radius 1 is 0.969 bits per heavy atom. The first-order chi connectivity index (χ1) is 15.3. The van der Waals surface area contributed by atoms with E-state index < -0.39 is 6.04 Å². The minimum atomic E-state index is -0.687. The van der Waals surface area contributed by atoms with E-state index in [-0.39, 0.29) is 35.5 Å². The molecule has 2 fully saturated rings. The second-order valence-corrected chi connectivity index (χ2v) is 9.88. The van der Waals surface area contributed by atoms with Gasteiger partial charge in [-0.1, -0.05) is 38.1 Å². The maximum atomic E-state index is 13.6. The summed E-state index contributed by atoms with van der Waals surface area (Å²) >= 11 is 0. The number of piperazine rings is 1. The lowest BCUT2D eigenvalue weighted by atomic mass is 9.85. The second-order valence-electron chi connectivity index (χ2n) is 9.88. The van der Waals surface area contributed by atoms with Gasteiger partial charge in [0.05, 0.1) is 11.8 Å². The molecule has 3 aliphatic rings. The number of anilines is 1.